The first-order chi connectivity index (χ1) is 9.01. The highest BCUT2D eigenvalue weighted by molar-refractivity contribution is 6.31. The number of aliphatic hydroxyl groups excluding tert-OH is 2. The summed E-state index contributed by atoms with van der Waals surface area (Å²) in [6.45, 7) is 1.83. The van der Waals surface area contributed by atoms with Crippen LogP contribution in [0.1, 0.15) is 35.4 Å². The minimum Gasteiger partial charge on any atom is -0.466 e. The van der Waals surface area contributed by atoms with Crippen molar-refractivity contribution in [2.24, 2.45) is 0 Å². The molecule has 0 spiro atoms. The van der Waals surface area contributed by atoms with E-state index in [1.165, 1.54) is 12.1 Å². The SMILES string of the molecule is CCOC(=O)CC(O)C(O)c1c(Cl)cccc1C=O. The maximum atomic E-state index is 11.2. The second-order valence-corrected chi connectivity index (χ2v) is 4.29. The van der Waals surface area contributed by atoms with Gasteiger partial charge in [-0.25, -0.2) is 0 Å². The molecule has 104 valence electrons. The van der Waals surface area contributed by atoms with Gasteiger partial charge in [0.25, 0.3) is 0 Å². The van der Waals surface area contributed by atoms with E-state index < -0.39 is 18.2 Å². The van der Waals surface area contributed by atoms with Crippen molar-refractivity contribution in [2.45, 2.75) is 25.6 Å². The number of esters is 1. The molecule has 0 aromatic heterocycles. The van der Waals surface area contributed by atoms with E-state index >= 15 is 0 Å². The zero-order chi connectivity index (χ0) is 14.4. The van der Waals surface area contributed by atoms with Crippen molar-refractivity contribution in [1.82, 2.24) is 0 Å². The molecular formula is C13H15ClO5. The van der Waals surface area contributed by atoms with Gasteiger partial charge in [-0.15, -0.1) is 0 Å². The van der Waals surface area contributed by atoms with Crippen molar-refractivity contribution in [1.29, 1.82) is 0 Å². The zero-order valence-electron chi connectivity index (χ0n) is 10.4. The maximum Gasteiger partial charge on any atom is 0.308 e. The van der Waals surface area contributed by atoms with Crippen LogP contribution in [0.3, 0.4) is 0 Å². The number of rotatable bonds is 6. The summed E-state index contributed by atoms with van der Waals surface area (Å²) in [7, 11) is 0. The van der Waals surface area contributed by atoms with Crippen LogP contribution in [0.5, 0.6) is 0 Å². The first-order valence-electron chi connectivity index (χ1n) is 5.76. The molecule has 6 heteroatoms. The van der Waals surface area contributed by atoms with E-state index in [2.05, 4.69) is 4.74 Å². The Bertz CT molecular complexity index is 460. The Labute approximate surface area is 115 Å². The normalized spacial score (nSPS) is 13.7. The Morgan fingerprint density at radius 2 is 2.16 bits per heavy atom. The Balaban J connectivity index is 2.90. The fourth-order valence-electron chi connectivity index (χ4n) is 1.66. The fraction of sp³-hybridized carbons (Fsp3) is 0.385. The van der Waals surface area contributed by atoms with Crippen molar-refractivity contribution in [3.8, 4) is 0 Å². The lowest BCUT2D eigenvalue weighted by molar-refractivity contribution is -0.147. The quantitative estimate of drug-likeness (QED) is 0.611. The van der Waals surface area contributed by atoms with Crippen molar-refractivity contribution in [3.05, 3.63) is 34.3 Å². The number of aldehydes is 1. The third-order valence-electron chi connectivity index (χ3n) is 2.55. The standard InChI is InChI=1S/C13H15ClO5/c1-2-19-11(17)6-10(16)13(18)12-8(7-15)4-3-5-9(12)14/h3-5,7,10,13,16,18H,2,6H2,1H3. The summed E-state index contributed by atoms with van der Waals surface area (Å²) in [5.74, 6) is -0.631. The highest BCUT2D eigenvalue weighted by Gasteiger charge is 2.26. The van der Waals surface area contributed by atoms with E-state index in [9.17, 15) is 19.8 Å². The van der Waals surface area contributed by atoms with Gasteiger partial charge in [-0.1, -0.05) is 23.7 Å². The molecule has 0 radical (unpaired) electrons. The van der Waals surface area contributed by atoms with Crippen LogP contribution in [0.4, 0.5) is 0 Å². The van der Waals surface area contributed by atoms with Crippen LogP contribution in [-0.2, 0) is 9.53 Å². The molecule has 2 unspecified atom stereocenters. The van der Waals surface area contributed by atoms with Crippen LogP contribution in [0.2, 0.25) is 5.02 Å². The molecule has 1 aromatic rings. The number of carbonyl (C=O) groups is 2. The number of ether oxygens (including phenoxy) is 1. The zero-order valence-corrected chi connectivity index (χ0v) is 11.1. The second-order valence-electron chi connectivity index (χ2n) is 3.88. The van der Waals surface area contributed by atoms with E-state index in [1.807, 2.05) is 0 Å². The Hall–Kier alpha value is -1.43. The minimum absolute atomic E-state index is 0.107. The molecule has 0 saturated carbocycles. The molecule has 0 aliphatic rings. The number of aliphatic hydroxyl groups is 2. The van der Waals surface area contributed by atoms with Gasteiger partial charge in [0.05, 0.1) is 19.1 Å². The van der Waals surface area contributed by atoms with Crippen LogP contribution >= 0.6 is 11.6 Å². The number of hydrogen-bond donors (Lipinski definition) is 2. The summed E-state index contributed by atoms with van der Waals surface area (Å²) in [4.78, 5) is 22.1. The topological polar surface area (TPSA) is 83.8 Å². The monoisotopic (exact) mass is 286 g/mol. The third-order valence-corrected chi connectivity index (χ3v) is 2.88. The van der Waals surface area contributed by atoms with Crippen molar-refractivity contribution in [2.75, 3.05) is 6.61 Å². The van der Waals surface area contributed by atoms with Crippen molar-refractivity contribution in [3.63, 3.8) is 0 Å². The molecule has 19 heavy (non-hydrogen) atoms. The molecule has 2 atom stereocenters. The Morgan fingerprint density at radius 3 is 2.74 bits per heavy atom. The molecular weight excluding hydrogens is 272 g/mol. The first-order valence-corrected chi connectivity index (χ1v) is 6.14. The van der Waals surface area contributed by atoms with E-state index in [0.29, 0.717) is 6.29 Å². The Morgan fingerprint density at radius 1 is 1.47 bits per heavy atom. The van der Waals surface area contributed by atoms with Gasteiger partial charge in [0, 0.05) is 16.1 Å². The number of halogens is 1. The average molecular weight is 287 g/mol. The second kappa shape index (κ2) is 7.23. The number of benzene rings is 1. The molecule has 0 heterocycles. The maximum absolute atomic E-state index is 11.2. The predicted octanol–water partition coefficient (Wildman–Crippen LogP) is 1.50. The van der Waals surface area contributed by atoms with Gasteiger partial charge < -0.3 is 14.9 Å². The van der Waals surface area contributed by atoms with Gasteiger partial charge in [-0.3, -0.25) is 9.59 Å². The summed E-state index contributed by atoms with van der Waals surface area (Å²) in [6.07, 6.45) is -2.67. The van der Waals surface area contributed by atoms with Crippen LogP contribution < -0.4 is 0 Å². The van der Waals surface area contributed by atoms with E-state index in [-0.39, 0.29) is 29.2 Å². The minimum atomic E-state index is -1.43. The lowest BCUT2D eigenvalue weighted by atomic mass is 9.97. The summed E-state index contributed by atoms with van der Waals surface area (Å²) in [5.41, 5.74) is 0.277. The molecule has 2 N–H and O–H groups in total. The number of carbonyl (C=O) groups excluding carboxylic acids is 2. The van der Waals surface area contributed by atoms with Gasteiger partial charge in [0.1, 0.15) is 12.4 Å². The molecule has 5 nitrogen and oxygen atoms in total. The summed E-state index contributed by atoms with van der Waals surface area (Å²) in [5, 5.41) is 19.9. The summed E-state index contributed by atoms with van der Waals surface area (Å²) >= 11 is 5.90. The highest BCUT2D eigenvalue weighted by atomic mass is 35.5. The fourth-order valence-corrected chi connectivity index (χ4v) is 1.96. The van der Waals surface area contributed by atoms with Crippen LogP contribution in [0.15, 0.2) is 18.2 Å². The van der Waals surface area contributed by atoms with Gasteiger partial charge >= 0.3 is 5.97 Å². The van der Waals surface area contributed by atoms with E-state index in [1.54, 1.807) is 13.0 Å². The third kappa shape index (κ3) is 4.02. The number of hydrogen-bond acceptors (Lipinski definition) is 5. The largest absolute Gasteiger partial charge is 0.466 e. The molecule has 1 aromatic carbocycles. The van der Waals surface area contributed by atoms with Crippen LogP contribution in [-0.4, -0.2) is 35.2 Å². The molecule has 1 rings (SSSR count). The smallest absolute Gasteiger partial charge is 0.308 e. The first kappa shape index (κ1) is 15.6. The summed E-state index contributed by atoms with van der Waals surface area (Å²) < 4.78 is 4.67. The molecule has 0 amide bonds. The van der Waals surface area contributed by atoms with Crippen molar-refractivity contribution >= 4 is 23.9 Å². The average Bonchev–Trinajstić information content (AvgIpc) is 2.37. The predicted molar refractivity (Wildman–Crippen MR) is 69.1 cm³/mol. The molecule has 0 aliphatic heterocycles. The van der Waals surface area contributed by atoms with Gasteiger partial charge in [-0.05, 0) is 13.0 Å². The molecule has 0 saturated heterocycles. The van der Waals surface area contributed by atoms with Crippen molar-refractivity contribution < 1.29 is 24.5 Å². The van der Waals surface area contributed by atoms with E-state index in [0.717, 1.165) is 0 Å². The highest BCUT2D eigenvalue weighted by Crippen LogP contribution is 2.29. The molecule has 0 aliphatic carbocycles. The van der Waals surface area contributed by atoms with Crippen LogP contribution in [0.25, 0.3) is 0 Å². The lowest BCUT2D eigenvalue weighted by Crippen LogP contribution is -2.24. The lowest BCUT2D eigenvalue weighted by Gasteiger charge is -2.19. The Kier molecular flexibility index (Phi) is 5.95. The summed E-state index contributed by atoms with van der Waals surface area (Å²) in [6, 6.07) is 4.51. The molecule has 0 bridgehead atoms. The van der Waals surface area contributed by atoms with Crippen LogP contribution in [0, 0.1) is 0 Å². The molecule has 0 fully saturated rings. The van der Waals surface area contributed by atoms with Gasteiger partial charge in [0.2, 0.25) is 0 Å². The van der Waals surface area contributed by atoms with Gasteiger partial charge in [-0.2, -0.15) is 0 Å². The van der Waals surface area contributed by atoms with E-state index in [4.69, 9.17) is 11.6 Å². The van der Waals surface area contributed by atoms with Gasteiger partial charge in [0.15, 0.2) is 0 Å².